The summed E-state index contributed by atoms with van der Waals surface area (Å²) >= 11 is 5.06. The maximum absolute atomic E-state index is 12.8. The molecule has 0 radical (unpaired) electrons. The zero-order chi connectivity index (χ0) is 16.1. The maximum atomic E-state index is 12.8. The molecule has 0 unspecified atom stereocenters. The Morgan fingerprint density at radius 2 is 1.95 bits per heavy atom. The first kappa shape index (κ1) is 15.6. The van der Waals surface area contributed by atoms with Gasteiger partial charge in [0, 0.05) is 29.9 Å². The van der Waals surface area contributed by atoms with E-state index in [1.807, 2.05) is 0 Å². The number of thiocarbonyl (C=S) groups is 1. The standard InChI is InChI=1S/C14H12FN3O3S/c15-10-1-3-11(4-2-10)17-14(22)16-8-9-7-12(18(20)21)5-6-13(9)19/h1-7,19H,8H2,(H2,16,17,22). The first-order valence-corrected chi connectivity index (χ1v) is 6.63. The molecule has 6 nitrogen and oxygen atoms in total. The SMILES string of the molecule is O=[N+]([O-])c1ccc(O)c(CNC(=S)Nc2ccc(F)cc2)c1. The molecule has 8 heteroatoms. The van der Waals surface area contributed by atoms with Crippen LogP contribution in [0.4, 0.5) is 15.8 Å². The van der Waals surface area contributed by atoms with Gasteiger partial charge in [-0.1, -0.05) is 0 Å². The van der Waals surface area contributed by atoms with Gasteiger partial charge in [-0.15, -0.1) is 0 Å². The summed E-state index contributed by atoms with van der Waals surface area (Å²) in [6.45, 7) is 0.112. The topological polar surface area (TPSA) is 87.4 Å². The van der Waals surface area contributed by atoms with E-state index in [4.69, 9.17) is 12.2 Å². The Labute approximate surface area is 130 Å². The highest BCUT2D eigenvalue weighted by Gasteiger charge is 2.10. The van der Waals surface area contributed by atoms with Gasteiger partial charge in [0.15, 0.2) is 5.11 Å². The highest BCUT2D eigenvalue weighted by Crippen LogP contribution is 2.22. The predicted molar refractivity (Wildman–Crippen MR) is 84.2 cm³/mol. The maximum Gasteiger partial charge on any atom is 0.270 e. The van der Waals surface area contributed by atoms with E-state index in [0.29, 0.717) is 11.3 Å². The molecule has 0 amide bonds. The van der Waals surface area contributed by atoms with Gasteiger partial charge in [0.25, 0.3) is 5.69 Å². The number of phenolic OH excluding ortho intramolecular Hbond substituents is 1. The largest absolute Gasteiger partial charge is 0.508 e. The molecule has 0 fully saturated rings. The molecule has 0 saturated heterocycles. The normalized spacial score (nSPS) is 10.0. The number of rotatable bonds is 4. The van der Waals surface area contributed by atoms with Gasteiger partial charge in [-0.2, -0.15) is 0 Å². The van der Waals surface area contributed by atoms with E-state index in [1.165, 1.54) is 42.5 Å². The molecule has 2 aromatic carbocycles. The van der Waals surface area contributed by atoms with Crippen LogP contribution in [-0.4, -0.2) is 15.1 Å². The van der Waals surface area contributed by atoms with Crippen molar-refractivity contribution in [2.75, 3.05) is 5.32 Å². The average Bonchev–Trinajstić information content (AvgIpc) is 2.48. The van der Waals surface area contributed by atoms with Crippen LogP contribution in [0.5, 0.6) is 5.75 Å². The fourth-order valence-corrected chi connectivity index (χ4v) is 1.90. The number of halogens is 1. The number of nitro benzene ring substituents is 1. The van der Waals surface area contributed by atoms with Gasteiger partial charge in [-0.3, -0.25) is 10.1 Å². The smallest absolute Gasteiger partial charge is 0.270 e. The van der Waals surface area contributed by atoms with Crippen molar-refractivity contribution in [2.24, 2.45) is 0 Å². The van der Waals surface area contributed by atoms with E-state index in [9.17, 15) is 19.6 Å². The molecule has 2 rings (SSSR count). The lowest BCUT2D eigenvalue weighted by atomic mass is 10.2. The zero-order valence-electron chi connectivity index (χ0n) is 11.2. The number of nitrogens with one attached hydrogen (secondary N) is 2. The van der Waals surface area contributed by atoms with Gasteiger partial charge in [0.1, 0.15) is 11.6 Å². The highest BCUT2D eigenvalue weighted by atomic mass is 32.1. The molecule has 2 aromatic rings. The van der Waals surface area contributed by atoms with E-state index in [-0.39, 0.29) is 28.9 Å². The lowest BCUT2D eigenvalue weighted by Crippen LogP contribution is -2.27. The Balaban J connectivity index is 1.97. The molecule has 0 heterocycles. The summed E-state index contributed by atoms with van der Waals surface area (Å²) in [6.07, 6.45) is 0. The molecular weight excluding hydrogens is 309 g/mol. The van der Waals surface area contributed by atoms with Crippen molar-refractivity contribution >= 4 is 28.7 Å². The summed E-state index contributed by atoms with van der Waals surface area (Å²) in [5, 5.41) is 26.3. The first-order valence-electron chi connectivity index (χ1n) is 6.22. The van der Waals surface area contributed by atoms with Gasteiger partial charge in [-0.25, -0.2) is 4.39 Å². The second-order valence-electron chi connectivity index (χ2n) is 4.38. The minimum Gasteiger partial charge on any atom is -0.508 e. The van der Waals surface area contributed by atoms with Crippen molar-refractivity contribution < 1.29 is 14.4 Å². The van der Waals surface area contributed by atoms with Gasteiger partial charge in [0.2, 0.25) is 0 Å². The summed E-state index contributed by atoms with van der Waals surface area (Å²) in [6, 6.07) is 9.36. The number of phenols is 1. The summed E-state index contributed by atoms with van der Waals surface area (Å²) in [5.41, 5.74) is 0.826. The molecule has 0 bridgehead atoms. The number of hydrogen-bond acceptors (Lipinski definition) is 4. The fraction of sp³-hybridized carbons (Fsp3) is 0.0714. The molecule has 0 atom stereocenters. The van der Waals surface area contributed by atoms with E-state index < -0.39 is 4.92 Å². The second-order valence-corrected chi connectivity index (χ2v) is 4.79. The van der Waals surface area contributed by atoms with Crippen LogP contribution in [0.3, 0.4) is 0 Å². The summed E-state index contributed by atoms with van der Waals surface area (Å²) in [4.78, 5) is 10.2. The van der Waals surface area contributed by atoms with Crippen LogP contribution in [0.25, 0.3) is 0 Å². The van der Waals surface area contributed by atoms with Crippen molar-refractivity contribution in [3.05, 3.63) is 64.0 Å². The van der Waals surface area contributed by atoms with Crippen LogP contribution < -0.4 is 10.6 Å². The van der Waals surface area contributed by atoms with E-state index >= 15 is 0 Å². The van der Waals surface area contributed by atoms with Crippen LogP contribution in [0, 0.1) is 15.9 Å². The van der Waals surface area contributed by atoms with Gasteiger partial charge >= 0.3 is 0 Å². The third kappa shape index (κ3) is 4.13. The number of anilines is 1. The molecule has 114 valence electrons. The minimum absolute atomic E-state index is 0.0670. The Hall–Kier alpha value is -2.74. The van der Waals surface area contributed by atoms with Gasteiger partial charge < -0.3 is 15.7 Å². The Kier molecular flexibility index (Phi) is 4.84. The number of non-ortho nitro benzene ring substituents is 1. The molecule has 3 N–H and O–H groups in total. The van der Waals surface area contributed by atoms with Crippen LogP contribution in [0.1, 0.15) is 5.56 Å². The molecular formula is C14H12FN3O3S. The van der Waals surface area contributed by atoms with E-state index in [1.54, 1.807) is 0 Å². The van der Waals surface area contributed by atoms with Crippen molar-refractivity contribution in [3.8, 4) is 5.75 Å². The van der Waals surface area contributed by atoms with Crippen LogP contribution in [0.15, 0.2) is 42.5 Å². The average molecular weight is 321 g/mol. The fourth-order valence-electron chi connectivity index (χ4n) is 1.71. The van der Waals surface area contributed by atoms with Crippen LogP contribution >= 0.6 is 12.2 Å². The Morgan fingerprint density at radius 1 is 1.27 bits per heavy atom. The van der Waals surface area contributed by atoms with Crippen LogP contribution in [-0.2, 0) is 6.54 Å². The van der Waals surface area contributed by atoms with Crippen LogP contribution in [0.2, 0.25) is 0 Å². The van der Waals surface area contributed by atoms with Gasteiger partial charge in [-0.05, 0) is 42.5 Å². The lowest BCUT2D eigenvalue weighted by molar-refractivity contribution is -0.384. The quantitative estimate of drug-likeness (QED) is 0.456. The van der Waals surface area contributed by atoms with Crippen molar-refractivity contribution in [1.29, 1.82) is 0 Å². The number of nitro groups is 1. The third-order valence-corrected chi connectivity index (χ3v) is 3.06. The van der Waals surface area contributed by atoms with E-state index in [0.717, 1.165) is 0 Å². The third-order valence-electron chi connectivity index (χ3n) is 2.82. The monoisotopic (exact) mass is 321 g/mol. The summed E-state index contributed by atoms with van der Waals surface area (Å²) in [7, 11) is 0. The molecule has 0 saturated carbocycles. The van der Waals surface area contributed by atoms with Crippen molar-refractivity contribution in [3.63, 3.8) is 0 Å². The van der Waals surface area contributed by atoms with E-state index in [2.05, 4.69) is 10.6 Å². The number of hydrogen-bond donors (Lipinski definition) is 3. The van der Waals surface area contributed by atoms with Crippen molar-refractivity contribution in [2.45, 2.75) is 6.54 Å². The second kappa shape index (κ2) is 6.81. The summed E-state index contributed by atoms with van der Waals surface area (Å²) < 4.78 is 12.8. The first-order chi connectivity index (χ1) is 10.5. The number of nitrogens with zero attached hydrogens (tertiary/aromatic N) is 1. The molecule has 0 aliphatic rings. The molecule has 0 aromatic heterocycles. The molecule has 22 heavy (non-hydrogen) atoms. The summed E-state index contributed by atoms with van der Waals surface area (Å²) in [5.74, 6) is -0.423. The zero-order valence-corrected chi connectivity index (χ0v) is 12.1. The Morgan fingerprint density at radius 3 is 2.59 bits per heavy atom. The van der Waals surface area contributed by atoms with Gasteiger partial charge in [0.05, 0.1) is 4.92 Å². The minimum atomic E-state index is -0.544. The van der Waals surface area contributed by atoms with Crippen molar-refractivity contribution in [1.82, 2.24) is 5.32 Å². The molecule has 0 aliphatic heterocycles. The predicted octanol–water partition coefficient (Wildman–Crippen LogP) is 2.93. The Bertz CT molecular complexity index is 707. The number of aromatic hydroxyl groups is 1. The molecule has 0 aliphatic carbocycles. The molecule has 0 spiro atoms. The lowest BCUT2D eigenvalue weighted by Gasteiger charge is -2.11. The number of benzene rings is 2. The highest BCUT2D eigenvalue weighted by molar-refractivity contribution is 7.80.